The highest BCUT2D eigenvalue weighted by Gasteiger charge is 2.11. The summed E-state index contributed by atoms with van der Waals surface area (Å²) in [4.78, 5) is 0. The number of nitrogens with one attached hydrogen (secondary N) is 2. The van der Waals surface area contributed by atoms with Gasteiger partial charge >= 0.3 is 0 Å². The number of rotatable bonds is 0. The van der Waals surface area contributed by atoms with Crippen LogP contribution >= 0.6 is 0 Å². The van der Waals surface area contributed by atoms with E-state index in [1.807, 2.05) is 0 Å². The predicted octanol–water partition coefficient (Wildman–Crippen LogP) is 0.393. The van der Waals surface area contributed by atoms with Crippen molar-refractivity contribution in [1.82, 2.24) is 10.6 Å². The van der Waals surface area contributed by atoms with Gasteiger partial charge in [-0.15, -0.1) is 0 Å². The van der Waals surface area contributed by atoms with E-state index in [1.54, 1.807) is 0 Å². The average Bonchev–Trinajstić information content (AvgIpc) is 2.05. The Balaban J connectivity index is 2.19. The topological polar surface area (TPSA) is 24.1 Å². The largest absolute Gasteiger partial charge is 0.387 e. The van der Waals surface area contributed by atoms with Crippen LogP contribution in [-0.2, 0) is 0 Å². The summed E-state index contributed by atoms with van der Waals surface area (Å²) in [6.45, 7) is 3.20. The Morgan fingerprint density at radius 3 is 3.20 bits per heavy atom. The molecule has 2 aliphatic rings. The van der Waals surface area contributed by atoms with Crippen LogP contribution in [0, 0.1) is 0 Å². The van der Waals surface area contributed by atoms with E-state index in [1.165, 1.54) is 17.6 Å². The van der Waals surface area contributed by atoms with Gasteiger partial charge in [-0.05, 0) is 24.1 Å². The molecule has 0 saturated carbocycles. The van der Waals surface area contributed by atoms with Gasteiger partial charge in [-0.25, -0.2) is 0 Å². The molecule has 2 heterocycles. The first kappa shape index (κ1) is 5.98. The number of fused-ring (bicyclic) bond motifs is 1. The lowest BCUT2D eigenvalue weighted by Crippen LogP contribution is -2.29. The molecule has 1 saturated heterocycles. The number of hydrogen-bond donors (Lipinski definition) is 2. The highest BCUT2D eigenvalue weighted by molar-refractivity contribution is 5.36. The van der Waals surface area contributed by atoms with Gasteiger partial charge in [-0.3, -0.25) is 0 Å². The molecule has 2 N–H and O–H groups in total. The van der Waals surface area contributed by atoms with Gasteiger partial charge in [0, 0.05) is 19.3 Å². The highest BCUT2D eigenvalue weighted by Crippen LogP contribution is 2.17. The number of piperidine rings is 1. The maximum absolute atomic E-state index is 3.33. The van der Waals surface area contributed by atoms with Crippen LogP contribution in [0.4, 0.5) is 0 Å². The molecule has 2 rings (SSSR count). The standard InChI is InChI=1S/C8H12N2/c1-3-9-5-8-6-10-4-2-7(1)8/h1,5,9-10H,2-4,6H2. The molecule has 54 valence electrons. The van der Waals surface area contributed by atoms with Crippen LogP contribution in [-0.4, -0.2) is 19.6 Å². The Morgan fingerprint density at radius 1 is 1.30 bits per heavy atom. The molecule has 10 heavy (non-hydrogen) atoms. The summed E-state index contributed by atoms with van der Waals surface area (Å²) in [6, 6.07) is 0. The first-order valence-electron chi connectivity index (χ1n) is 3.79. The summed E-state index contributed by atoms with van der Waals surface area (Å²) >= 11 is 0. The minimum absolute atomic E-state index is 1.01. The van der Waals surface area contributed by atoms with E-state index < -0.39 is 0 Å². The van der Waals surface area contributed by atoms with Crippen molar-refractivity contribution in [2.24, 2.45) is 0 Å². The van der Waals surface area contributed by atoms with Crippen LogP contribution < -0.4 is 10.6 Å². The van der Waals surface area contributed by atoms with Crippen molar-refractivity contribution >= 4 is 0 Å². The van der Waals surface area contributed by atoms with Gasteiger partial charge in [0.05, 0.1) is 0 Å². The zero-order valence-electron chi connectivity index (χ0n) is 5.98. The third kappa shape index (κ3) is 0.948. The Kier molecular flexibility index (Phi) is 1.47. The van der Waals surface area contributed by atoms with Crippen LogP contribution in [0.2, 0.25) is 0 Å². The molecular weight excluding hydrogens is 124 g/mol. The third-order valence-corrected chi connectivity index (χ3v) is 2.04. The van der Waals surface area contributed by atoms with Crippen LogP contribution in [0.1, 0.15) is 6.42 Å². The number of dihydropyridines is 1. The molecule has 0 aromatic heterocycles. The fourth-order valence-electron chi connectivity index (χ4n) is 1.46. The van der Waals surface area contributed by atoms with Crippen molar-refractivity contribution in [3.05, 3.63) is 23.4 Å². The molecule has 0 atom stereocenters. The second-order valence-corrected chi connectivity index (χ2v) is 2.73. The van der Waals surface area contributed by atoms with Crippen molar-refractivity contribution in [1.29, 1.82) is 0 Å². The average molecular weight is 136 g/mol. The van der Waals surface area contributed by atoms with E-state index in [4.69, 9.17) is 0 Å². The minimum Gasteiger partial charge on any atom is -0.387 e. The lowest BCUT2D eigenvalue weighted by Gasteiger charge is -2.22. The van der Waals surface area contributed by atoms with Gasteiger partial charge in [0.1, 0.15) is 0 Å². The molecule has 2 aliphatic heterocycles. The zero-order chi connectivity index (χ0) is 6.81. The predicted molar refractivity (Wildman–Crippen MR) is 41.7 cm³/mol. The van der Waals surface area contributed by atoms with Gasteiger partial charge in [-0.1, -0.05) is 6.08 Å². The van der Waals surface area contributed by atoms with Crippen molar-refractivity contribution in [2.45, 2.75) is 6.42 Å². The Hall–Kier alpha value is -0.760. The summed E-state index contributed by atoms with van der Waals surface area (Å²) < 4.78 is 0. The Morgan fingerprint density at radius 2 is 2.30 bits per heavy atom. The number of hydrogen-bond acceptors (Lipinski definition) is 2. The first-order valence-corrected chi connectivity index (χ1v) is 3.79. The van der Waals surface area contributed by atoms with Crippen molar-refractivity contribution in [3.63, 3.8) is 0 Å². The monoisotopic (exact) mass is 136 g/mol. The lowest BCUT2D eigenvalue weighted by molar-refractivity contribution is 0.667. The highest BCUT2D eigenvalue weighted by atomic mass is 14.9. The maximum Gasteiger partial charge on any atom is 0.0331 e. The first-order chi connectivity index (χ1) is 4.97. The van der Waals surface area contributed by atoms with E-state index >= 15 is 0 Å². The Labute approximate surface area is 61.0 Å². The molecule has 0 radical (unpaired) electrons. The second-order valence-electron chi connectivity index (χ2n) is 2.73. The molecule has 2 heteroatoms. The normalized spacial score (nSPS) is 24.0. The van der Waals surface area contributed by atoms with Crippen LogP contribution in [0.15, 0.2) is 23.4 Å². The second kappa shape index (κ2) is 2.46. The van der Waals surface area contributed by atoms with Crippen LogP contribution in [0.5, 0.6) is 0 Å². The molecular formula is C8H12N2. The van der Waals surface area contributed by atoms with Gasteiger partial charge in [0.25, 0.3) is 0 Å². The lowest BCUT2D eigenvalue weighted by atomic mass is 9.98. The van der Waals surface area contributed by atoms with Crippen LogP contribution in [0.25, 0.3) is 0 Å². The fourth-order valence-corrected chi connectivity index (χ4v) is 1.46. The molecule has 0 aromatic carbocycles. The quantitative estimate of drug-likeness (QED) is 0.503. The van der Waals surface area contributed by atoms with E-state index in [0.717, 1.165) is 19.6 Å². The smallest absolute Gasteiger partial charge is 0.0331 e. The van der Waals surface area contributed by atoms with Crippen molar-refractivity contribution in [3.8, 4) is 0 Å². The summed E-state index contributed by atoms with van der Waals surface area (Å²) in [7, 11) is 0. The van der Waals surface area contributed by atoms with Gasteiger partial charge in [0.2, 0.25) is 0 Å². The van der Waals surface area contributed by atoms with E-state index in [0.29, 0.717) is 0 Å². The third-order valence-electron chi connectivity index (χ3n) is 2.04. The fraction of sp³-hybridized carbons (Fsp3) is 0.500. The van der Waals surface area contributed by atoms with Gasteiger partial charge < -0.3 is 10.6 Å². The molecule has 0 amide bonds. The summed E-state index contributed by atoms with van der Waals surface area (Å²) in [5.74, 6) is 0. The molecule has 0 bridgehead atoms. The van der Waals surface area contributed by atoms with Crippen molar-refractivity contribution in [2.75, 3.05) is 19.6 Å². The summed E-state index contributed by atoms with van der Waals surface area (Å²) in [5, 5.41) is 6.54. The molecule has 1 fully saturated rings. The molecule has 0 spiro atoms. The zero-order valence-corrected chi connectivity index (χ0v) is 5.98. The van der Waals surface area contributed by atoms with Crippen molar-refractivity contribution < 1.29 is 0 Å². The molecule has 0 aliphatic carbocycles. The molecule has 0 unspecified atom stereocenters. The van der Waals surface area contributed by atoms with Gasteiger partial charge in [-0.2, -0.15) is 0 Å². The maximum atomic E-state index is 3.33. The summed E-state index contributed by atoms with van der Waals surface area (Å²) in [5.41, 5.74) is 2.98. The Bertz CT molecular complexity index is 169. The SMILES string of the molecule is C1=C2CCNCC2=CNC1. The minimum atomic E-state index is 1.01. The van der Waals surface area contributed by atoms with Crippen LogP contribution in [0.3, 0.4) is 0 Å². The molecule has 2 nitrogen and oxygen atoms in total. The summed E-state index contributed by atoms with van der Waals surface area (Å²) in [6.07, 6.45) is 5.62. The molecule has 0 aromatic rings. The van der Waals surface area contributed by atoms with E-state index in [9.17, 15) is 0 Å². The van der Waals surface area contributed by atoms with E-state index in [-0.39, 0.29) is 0 Å². The van der Waals surface area contributed by atoms with E-state index in [2.05, 4.69) is 22.9 Å². The van der Waals surface area contributed by atoms with Gasteiger partial charge in [0.15, 0.2) is 0 Å².